The van der Waals surface area contributed by atoms with Crippen molar-refractivity contribution in [2.45, 2.75) is 60.3 Å². The van der Waals surface area contributed by atoms with Gasteiger partial charge in [0.25, 0.3) is 0 Å². The van der Waals surface area contributed by atoms with Gasteiger partial charge in [0.15, 0.2) is 0 Å². The van der Waals surface area contributed by atoms with Gasteiger partial charge in [0.1, 0.15) is 17.3 Å². The van der Waals surface area contributed by atoms with Gasteiger partial charge in [0.05, 0.1) is 24.3 Å². The molecule has 0 unspecified atom stereocenters. The van der Waals surface area contributed by atoms with Crippen LogP contribution < -0.4 is 9.64 Å². The smallest absolute Gasteiger partial charge is 0.307 e. The molecule has 3 aromatic rings. The van der Waals surface area contributed by atoms with Crippen LogP contribution in [0.15, 0.2) is 47.0 Å². The van der Waals surface area contributed by atoms with Crippen LogP contribution in [0.4, 0.5) is 5.82 Å². The molecule has 0 spiro atoms. The number of hydrogen-bond donors (Lipinski definition) is 1. The molecule has 4 rings (SSSR count). The molecule has 2 heterocycles. The van der Waals surface area contributed by atoms with Crippen LogP contribution in [0.5, 0.6) is 5.75 Å². The summed E-state index contributed by atoms with van der Waals surface area (Å²) in [6, 6.07) is 10.1. The summed E-state index contributed by atoms with van der Waals surface area (Å²) in [5, 5.41) is 9.20. The second kappa shape index (κ2) is 11.2. The Bertz CT molecular complexity index is 1270. The molecule has 0 saturated carbocycles. The van der Waals surface area contributed by atoms with Crippen LogP contribution in [0.3, 0.4) is 0 Å². The third-order valence-electron chi connectivity index (χ3n) is 7.20. The van der Waals surface area contributed by atoms with Crippen LogP contribution in [0.1, 0.15) is 63.1 Å². The normalized spacial score (nSPS) is 15.4. The quantitative estimate of drug-likeness (QED) is 0.345. The Balaban J connectivity index is 1.46. The van der Waals surface area contributed by atoms with Crippen LogP contribution in [0.25, 0.3) is 17.0 Å². The van der Waals surface area contributed by atoms with Crippen molar-refractivity contribution < 1.29 is 19.1 Å². The molecule has 0 bridgehead atoms. The number of anilines is 1. The van der Waals surface area contributed by atoms with E-state index in [4.69, 9.17) is 14.1 Å². The van der Waals surface area contributed by atoms with E-state index in [-0.39, 0.29) is 11.8 Å². The number of oxazole rings is 1. The zero-order chi connectivity index (χ0) is 26.6. The molecule has 196 valence electrons. The summed E-state index contributed by atoms with van der Waals surface area (Å²) in [6.07, 6.45) is 6.15. The first kappa shape index (κ1) is 26.5. The van der Waals surface area contributed by atoms with Crippen LogP contribution in [0.2, 0.25) is 0 Å². The largest absolute Gasteiger partial charge is 0.493 e. The summed E-state index contributed by atoms with van der Waals surface area (Å²) in [4.78, 5) is 22.7. The van der Waals surface area contributed by atoms with E-state index in [9.17, 15) is 9.90 Å². The minimum Gasteiger partial charge on any atom is -0.493 e. The molecule has 2 aromatic heterocycles. The Morgan fingerprint density at radius 3 is 2.68 bits per heavy atom. The van der Waals surface area contributed by atoms with E-state index in [2.05, 4.69) is 43.6 Å². The van der Waals surface area contributed by atoms with Gasteiger partial charge in [0, 0.05) is 31.3 Å². The maximum atomic E-state index is 11.2. The molecule has 1 aliphatic rings. The number of carboxylic acids is 1. The number of pyridine rings is 1. The second-order valence-corrected chi connectivity index (χ2v) is 10.1. The number of carbonyl (C=O) groups is 1. The Morgan fingerprint density at radius 1 is 1.22 bits per heavy atom. The summed E-state index contributed by atoms with van der Waals surface area (Å²) in [6.45, 7) is 12.8. The van der Waals surface area contributed by atoms with Gasteiger partial charge in [-0.3, -0.25) is 4.79 Å². The molecule has 0 radical (unpaired) electrons. The van der Waals surface area contributed by atoms with Gasteiger partial charge < -0.3 is 19.2 Å². The molecule has 0 aliphatic heterocycles. The van der Waals surface area contributed by atoms with Gasteiger partial charge in [-0.15, -0.1) is 0 Å². The van der Waals surface area contributed by atoms with E-state index >= 15 is 0 Å². The number of nitrogens with zero attached hydrogens (tertiary/aromatic N) is 3. The van der Waals surface area contributed by atoms with E-state index in [1.54, 1.807) is 0 Å². The highest BCUT2D eigenvalue weighted by Gasteiger charge is 2.32. The number of ether oxygens (including phenoxy) is 1. The van der Waals surface area contributed by atoms with Crippen molar-refractivity contribution in [3.63, 3.8) is 0 Å². The number of carboxylic acid groups (broad SMARTS) is 1. The monoisotopic (exact) mass is 503 g/mol. The van der Waals surface area contributed by atoms with Crippen LogP contribution >= 0.6 is 0 Å². The van der Waals surface area contributed by atoms with Crippen molar-refractivity contribution in [3.8, 4) is 17.2 Å². The van der Waals surface area contributed by atoms with E-state index in [1.807, 2.05) is 43.5 Å². The highest BCUT2D eigenvalue weighted by atomic mass is 16.5. The lowest BCUT2D eigenvalue weighted by atomic mass is 9.70. The minimum absolute atomic E-state index is 0.0186. The average molecular weight is 504 g/mol. The summed E-state index contributed by atoms with van der Waals surface area (Å²) < 4.78 is 12.2. The van der Waals surface area contributed by atoms with E-state index in [0.29, 0.717) is 18.9 Å². The van der Waals surface area contributed by atoms with Crippen LogP contribution in [-0.2, 0) is 17.6 Å². The van der Waals surface area contributed by atoms with Gasteiger partial charge in [-0.05, 0) is 68.4 Å². The van der Waals surface area contributed by atoms with Crippen molar-refractivity contribution in [2.75, 3.05) is 24.6 Å². The molecule has 0 amide bonds. The second-order valence-electron chi connectivity index (χ2n) is 10.1. The molecule has 37 heavy (non-hydrogen) atoms. The molecule has 1 N–H and O–H groups in total. The molecule has 7 heteroatoms. The Kier molecular flexibility index (Phi) is 8.00. The Labute approximate surface area is 219 Å². The number of fused-ring (bicyclic) bond motifs is 1. The lowest BCUT2D eigenvalue weighted by molar-refractivity contribution is -0.136. The first-order valence-corrected chi connectivity index (χ1v) is 13.1. The van der Waals surface area contributed by atoms with Crippen molar-refractivity contribution in [1.29, 1.82) is 0 Å². The maximum absolute atomic E-state index is 11.2. The minimum atomic E-state index is -0.819. The standard InChI is InChI=1S/C30H37N3O4/c1-6-33(7-2)27-13-11-21(19-31-27)29-32-25(20(3)37-29)16-18-36-26-10-8-9-22-23(26)15-17-30(4,5)24(22)12-14-28(34)35/h8-13,19H,6-7,14-18H2,1-5H3,(H,34,35)/b24-12+. The average Bonchev–Trinajstić information content (AvgIpc) is 3.24. The van der Waals surface area contributed by atoms with Crippen LogP contribution in [-0.4, -0.2) is 40.7 Å². The first-order chi connectivity index (χ1) is 17.7. The number of aryl methyl sites for hydroxylation is 1. The molecule has 7 nitrogen and oxygen atoms in total. The highest BCUT2D eigenvalue weighted by Crippen LogP contribution is 2.47. The predicted octanol–water partition coefficient (Wildman–Crippen LogP) is 6.34. The number of rotatable bonds is 10. The van der Waals surface area contributed by atoms with Crippen molar-refractivity contribution in [3.05, 3.63) is 65.2 Å². The fraction of sp³-hybridized carbons (Fsp3) is 0.433. The molecule has 1 aliphatic carbocycles. The zero-order valence-corrected chi connectivity index (χ0v) is 22.5. The van der Waals surface area contributed by atoms with Crippen molar-refractivity contribution >= 4 is 17.4 Å². The van der Waals surface area contributed by atoms with Gasteiger partial charge in [-0.1, -0.05) is 32.1 Å². The number of aromatic nitrogens is 2. The summed E-state index contributed by atoms with van der Waals surface area (Å²) in [5.41, 5.74) is 4.97. The molecule has 0 fully saturated rings. The Morgan fingerprint density at radius 2 is 2.00 bits per heavy atom. The Hall–Kier alpha value is -3.61. The molecular formula is C30H37N3O4. The fourth-order valence-corrected chi connectivity index (χ4v) is 5.01. The molecule has 0 saturated heterocycles. The van der Waals surface area contributed by atoms with Crippen molar-refractivity contribution in [1.82, 2.24) is 9.97 Å². The number of allylic oxidation sites excluding steroid dienone is 1. The van der Waals surface area contributed by atoms with Gasteiger partial charge in [-0.2, -0.15) is 0 Å². The first-order valence-electron chi connectivity index (χ1n) is 13.1. The fourth-order valence-electron chi connectivity index (χ4n) is 5.01. The van der Waals surface area contributed by atoms with E-state index in [0.717, 1.165) is 71.2 Å². The van der Waals surface area contributed by atoms with E-state index < -0.39 is 5.97 Å². The summed E-state index contributed by atoms with van der Waals surface area (Å²) in [5.74, 6) is 2.33. The molecule has 1 aromatic carbocycles. The van der Waals surface area contributed by atoms with E-state index in [1.165, 1.54) is 0 Å². The molecular weight excluding hydrogens is 466 g/mol. The summed E-state index contributed by atoms with van der Waals surface area (Å²) >= 11 is 0. The summed E-state index contributed by atoms with van der Waals surface area (Å²) in [7, 11) is 0. The maximum Gasteiger partial charge on any atom is 0.307 e. The van der Waals surface area contributed by atoms with Crippen molar-refractivity contribution in [2.24, 2.45) is 5.41 Å². The zero-order valence-electron chi connectivity index (χ0n) is 22.5. The lowest BCUT2D eigenvalue weighted by Crippen LogP contribution is -2.22. The SMILES string of the molecule is CCN(CC)c1ccc(-c2nc(CCOc3cccc4c3CCC(C)(C)/C4=C/CC(=O)O)c(C)o2)cn1. The topological polar surface area (TPSA) is 88.7 Å². The number of aliphatic carboxylic acids is 1. The predicted molar refractivity (Wildman–Crippen MR) is 146 cm³/mol. The van der Waals surface area contributed by atoms with Gasteiger partial charge in [0.2, 0.25) is 5.89 Å². The number of benzene rings is 1. The third kappa shape index (κ3) is 5.87. The molecule has 0 atom stereocenters. The van der Waals surface area contributed by atoms with Gasteiger partial charge in [-0.25, -0.2) is 9.97 Å². The highest BCUT2D eigenvalue weighted by molar-refractivity contribution is 5.79. The number of hydrogen-bond acceptors (Lipinski definition) is 6. The van der Waals surface area contributed by atoms with Crippen LogP contribution in [0, 0.1) is 12.3 Å². The van der Waals surface area contributed by atoms with Gasteiger partial charge >= 0.3 is 5.97 Å². The lowest BCUT2D eigenvalue weighted by Gasteiger charge is -2.35. The third-order valence-corrected chi connectivity index (χ3v) is 7.20.